The fraction of sp³-hybridized carbons (Fsp3) is 0.125. The predicted molar refractivity (Wildman–Crippen MR) is 75.4 cm³/mol. The average molecular weight is 251 g/mol. The van der Waals surface area contributed by atoms with Crippen LogP contribution in [0.2, 0.25) is 0 Å². The smallest absolute Gasteiger partial charge is 0.239 e. The van der Waals surface area contributed by atoms with Crippen LogP contribution in [-0.2, 0) is 4.79 Å². The molecule has 0 fully saturated rings. The van der Waals surface area contributed by atoms with Gasteiger partial charge in [0.25, 0.3) is 0 Å². The molecule has 3 heteroatoms. The van der Waals surface area contributed by atoms with Crippen LogP contribution in [0.25, 0.3) is 21.8 Å². The zero-order chi connectivity index (χ0) is 13.4. The molecule has 0 aliphatic rings. The third kappa shape index (κ3) is 1.83. The SMILES string of the molecule is CC(=O)CC(=O)n1c2ccccc2c2ccccc21. The first-order valence-electron chi connectivity index (χ1n) is 6.19. The molecule has 2 aromatic carbocycles. The lowest BCUT2D eigenvalue weighted by atomic mass is 10.2. The molecule has 3 aromatic rings. The molecule has 3 nitrogen and oxygen atoms in total. The van der Waals surface area contributed by atoms with E-state index in [2.05, 4.69) is 0 Å². The van der Waals surface area contributed by atoms with Gasteiger partial charge in [0.05, 0.1) is 17.5 Å². The molecule has 0 bridgehead atoms. The molecule has 94 valence electrons. The van der Waals surface area contributed by atoms with Gasteiger partial charge in [-0.15, -0.1) is 0 Å². The summed E-state index contributed by atoms with van der Waals surface area (Å²) < 4.78 is 1.64. The molecule has 3 rings (SSSR count). The number of aromatic nitrogens is 1. The van der Waals surface area contributed by atoms with Gasteiger partial charge >= 0.3 is 0 Å². The van der Waals surface area contributed by atoms with Crippen molar-refractivity contribution < 1.29 is 9.59 Å². The van der Waals surface area contributed by atoms with E-state index in [1.165, 1.54) is 6.92 Å². The van der Waals surface area contributed by atoms with E-state index in [0.29, 0.717) is 0 Å². The summed E-state index contributed by atoms with van der Waals surface area (Å²) in [4.78, 5) is 23.5. The molecule has 1 heterocycles. The van der Waals surface area contributed by atoms with Crippen molar-refractivity contribution in [2.75, 3.05) is 0 Å². The second-order valence-corrected chi connectivity index (χ2v) is 4.64. The highest BCUT2D eigenvalue weighted by Crippen LogP contribution is 2.28. The molecule has 0 saturated heterocycles. The van der Waals surface area contributed by atoms with Gasteiger partial charge in [0.2, 0.25) is 5.91 Å². The fourth-order valence-corrected chi connectivity index (χ4v) is 2.48. The highest BCUT2D eigenvalue weighted by atomic mass is 16.2. The number of Topliss-reactive ketones (excluding diaryl/α,β-unsaturated/α-hetero) is 1. The van der Waals surface area contributed by atoms with Crippen LogP contribution in [0.15, 0.2) is 48.5 Å². The van der Waals surface area contributed by atoms with Gasteiger partial charge < -0.3 is 0 Å². The van der Waals surface area contributed by atoms with Crippen LogP contribution in [0.4, 0.5) is 0 Å². The predicted octanol–water partition coefficient (Wildman–Crippen LogP) is 3.41. The summed E-state index contributed by atoms with van der Waals surface area (Å²) in [6.07, 6.45) is -0.0668. The van der Waals surface area contributed by atoms with Crippen molar-refractivity contribution in [3.05, 3.63) is 48.5 Å². The van der Waals surface area contributed by atoms with E-state index in [4.69, 9.17) is 0 Å². The van der Waals surface area contributed by atoms with Crippen molar-refractivity contribution >= 4 is 33.5 Å². The second-order valence-electron chi connectivity index (χ2n) is 4.64. The van der Waals surface area contributed by atoms with E-state index in [1.54, 1.807) is 4.57 Å². The Hall–Kier alpha value is -2.42. The van der Waals surface area contributed by atoms with Crippen LogP contribution in [0.3, 0.4) is 0 Å². The number of hydrogen-bond acceptors (Lipinski definition) is 2. The van der Waals surface area contributed by atoms with E-state index in [9.17, 15) is 9.59 Å². The molecule has 0 aliphatic heterocycles. The maximum absolute atomic E-state index is 12.3. The Morgan fingerprint density at radius 1 is 0.895 bits per heavy atom. The van der Waals surface area contributed by atoms with Gasteiger partial charge in [0, 0.05) is 10.8 Å². The quantitative estimate of drug-likeness (QED) is 0.655. The molecule has 0 amide bonds. The number of ketones is 1. The number of rotatable bonds is 2. The van der Waals surface area contributed by atoms with E-state index >= 15 is 0 Å². The summed E-state index contributed by atoms with van der Waals surface area (Å²) in [5.74, 6) is -0.295. The Labute approximate surface area is 110 Å². The molecule has 0 atom stereocenters. The molecular formula is C16H13NO2. The van der Waals surface area contributed by atoms with Crippen molar-refractivity contribution in [3.8, 4) is 0 Å². The normalized spacial score (nSPS) is 11.0. The number of benzene rings is 2. The Morgan fingerprint density at radius 3 is 1.84 bits per heavy atom. The largest absolute Gasteiger partial charge is 0.299 e. The first kappa shape index (κ1) is 11.7. The highest BCUT2D eigenvalue weighted by Gasteiger charge is 2.16. The van der Waals surface area contributed by atoms with Crippen molar-refractivity contribution in [1.29, 1.82) is 0 Å². The minimum atomic E-state index is -0.176. The molecular weight excluding hydrogens is 238 g/mol. The summed E-state index contributed by atoms with van der Waals surface area (Å²) in [6.45, 7) is 1.44. The van der Waals surface area contributed by atoms with Crippen LogP contribution in [0.5, 0.6) is 0 Å². The monoisotopic (exact) mass is 251 g/mol. The lowest BCUT2D eigenvalue weighted by Crippen LogP contribution is -2.13. The number of carbonyl (C=O) groups is 2. The van der Waals surface area contributed by atoms with Crippen LogP contribution in [0.1, 0.15) is 18.1 Å². The number of hydrogen-bond donors (Lipinski definition) is 0. The standard InChI is InChI=1S/C16H13NO2/c1-11(18)10-16(19)17-14-8-4-2-6-12(14)13-7-3-5-9-15(13)17/h2-9H,10H2,1H3. The van der Waals surface area contributed by atoms with E-state index < -0.39 is 0 Å². The first-order chi connectivity index (χ1) is 9.18. The second kappa shape index (κ2) is 4.35. The van der Waals surface area contributed by atoms with Gasteiger partial charge in [-0.25, -0.2) is 0 Å². The summed E-state index contributed by atoms with van der Waals surface area (Å²) >= 11 is 0. The van der Waals surface area contributed by atoms with Crippen molar-refractivity contribution in [2.24, 2.45) is 0 Å². The van der Waals surface area contributed by atoms with Gasteiger partial charge in [-0.2, -0.15) is 0 Å². The molecule has 1 aromatic heterocycles. The van der Waals surface area contributed by atoms with Crippen LogP contribution >= 0.6 is 0 Å². The fourth-order valence-electron chi connectivity index (χ4n) is 2.48. The molecule has 0 aliphatic carbocycles. The topological polar surface area (TPSA) is 39.1 Å². The van der Waals surface area contributed by atoms with Gasteiger partial charge in [-0.05, 0) is 19.1 Å². The van der Waals surface area contributed by atoms with E-state index in [-0.39, 0.29) is 18.1 Å². The number of fused-ring (bicyclic) bond motifs is 3. The summed E-state index contributed by atoms with van der Waals surface area (Å²) in [6, 6.07) is 15.5. The van der Waals surface area contributed by atoms with Gasteiger partial charge in [-0.1, -0.05) is 36.4 Å². The molecule has 0 unspecified atom stereocenters. The number of nitrogens with zero attached hydrogens (tertiary/aromatic N) is 1. The lowest BCUT2D eigenvalue weighted by Gasteiger charge is -2.04. The Kier molecular flexibility index (Phi) is 2.67. The van der Waals surface area contributed by atoms with Crippen molar-refractivity contribution in [1.82, 2.24) is 4.57 Å². The maximum atomic E-state index is 12.3. The minimum absolute atomic E-state index is 0.0668. The summed E-state index contributed by atoms with van der Waals surface area (Å²) in [5.41, 5.74) is 1.71. The Morgan fingerprint density at radius 2 is 1.37 bits per heavy atom. The van der Waals surface area contributed by atoms with Gasteiger partial charge in [-0.3, -0.25) is 14.2 Å². The Balaban J connectivity index is 2.37. The first-order valence-corrected chi connectivity index (χ1v) is 6.19. The molecule has 0 saturated carbocycles. The van der Waals surface area contributed by atoms with Crippen molar-refractivity contribution in [2.45, 2.75) is 13.3 Å². The van der Waals surface area contributed by atoms with Crippen LogP contribution in [0, 0.1) is 0 Å². The van der Waals surface area contributed by atoms with E-state index in [0.717, 1.165) is 21.8 Å². The summed E-state index contributed by atoms with van der Waals surface area (Å²) in [5, 5.41) is 2.07. The highest BCUT2D eigenvalue weighted by molar-refractivity contribution is 6.15. The maximum Gasteiger partial charge on any atom is 0.239 e. The Bertz CT molecular complexity index is 745. The number of carbonyl (C=O) groups excluding carboxylic acids is 2. The molecule has 0 N–H and O–H groups in total. The van der Waals surface area contributed by atoms with Gasteiger partial charge in [0.1, 0.15) is 5.78 Å². The van der Waals surface area contributed by atoms with E-state index in [1.807, 2.05) is 48.5 Å². The average Bonchev–Trinajstić information content (AvgIpc) is 2.72. The molecule has 19 heavy (non-hydrogen) atoms. The third-order valence-electron chi connectivity index (χ3n) is 3.23. The minimum Gasteiger partial charge on any atom is -0.299 e. The molecule has 0 radical (unpaired) electrons. The van der Waals surface area contributed by atoms with Crippen LogP contribution < -0.4 is 0 Å². The van der Waals surface area contributed by atoms with Crippen molar-refractivity contribution in [3.63, 3.8) is 0 Å². The zero-order valence-corrected chi connectivity index (χ0v) is 10.6. The van der Waals surface area contributed by atoms with Gasteiger partial charge in [0.15, 0.2) is 0 Å². The molecule has 0 spiro atoms. The zero-order valence-electron chi connectivity index (χ0n) is 10.6. The third-order valence-corrected chi connectivity index (χ3v) is 3.23. The van der Waals surface area contributed by atoms with Crippen LogP contribution in [-0.4, -0.2) is 16.3 Å². The summed E-state index contributed by atoms with van der Waals surface area (Å²) in [7, 11) is 0. The number of para-hydroxylation sites is 2. The lowest BCUT2D eigenvalue weighted by molar-refractivity contribution is -0.116.